The summed E-state index contributed by atoms with van der Waals surface area (Å²) in [5.74, 6) is 0. The molecule has 0 unspecified atom stereocenters. The second-order valence-electron chi connectivity index (χ2n) is 3.85. The molecule has 0 fully saturated rings. The first-order valence-corrected chi connectivity index (χ1v) is 7.28. The zero-order valence-corrected chi connectivity index (χ0v) is 12.4. The van der Waals surface area contributed by atoms with Gasteiger partial charge in [0.05, 0.1) is 0 Å². The fourth-order valence-electron chi connectivity index (χ4n) is 1.58. The number of aromatic amines is 1. The van der Waals surface area contributed by atoms with Crippen LogP contribution in [0.25, 0.3) is 10.2 Å². The smallest absolute Gasteiger partial charge is 0.273 e. The number of thiophene rings is 1. The molecule has 0 bridgehead atoms. The number of nitrogens with one attached hydrogen (secondary N) is 1. The van der Waals surface area contributed by atoms with Crippen LogP contribution in [0.15, 0.2) is 21.0 Å². The highest BCUT2D eigenvalue weighted by molar-refractivity contribution is 7.99. The summed E-state index contributed by atoms with van der Waals surface area (Å²) in [5.41, 5.74) is -0.264. The van der Waals surface area contributed by atoms with Crippen LogP contribution in [0.2, 0.25) is 5.28 Å². The molecule has 0 amide bonds. The van der Waals surface area contributed by atoms with Crippen LogP contribution in [0.5, 0.6) is 0 Å². The number of H-pyrrole nitrogens is 1. The van der Waals surface area contributed by atoms with Crippen molar-refractivity contribution in [2.75, 3.05) is 0 Å². The van der Waals surface area contributed by atoms with Crippen molar-refractivity contribution in [1.29, 1.82) is 0 Å². The van der Waals surface area contributed by atoms with E-state index in [4.69, 9.17) is 11.6 Å². The van der Waals surface area contributed by atoms with E-state index in [9.17, 15) is 4.79 Å². The number of nitrogens with zero attached hydrogens (tertiary/aromatic N) is 4. The minimum atomic E-state index is -0.264. The summed E-state index contributed by atoms with van der Waals surface area (Å²) in [5, 5.41) is 8.67. The highest BCUT2D eigenvalue weighted by Crippen LogP contribution is 2.34. The average molecular weight is 314 g/mol. The Hall–Kier alpha value is -1.38. The van der Waals surface area contributed by atoms with Gasteiger partial charge in [-0.25, -0.2) is 19.9 Å². The van der Waals surface area contributed by atoms with Crippen molar-refractivity contribution in [3.05, 3.63) is 26.7 Å². The van der Waals surface area contributed by atoms with Gasteiger partial charge in [0.1, 0.15) is 9.86 Å². The van der Waals surface area contributed by atoms with Gasteiger partial charge in [0.2, 0.25) is 5.28 Å². The van der Waals surface area contributed by atoms with Crippen LogP contribution in [0.1, 0.15) is 4.88 Å². The third-order valence-electron chi connectivity index (χ3n) is 2.48. The Balaban J connectivity index is 2.14. The predicted octanol–water partition coefficient (Wildman–Crippen LogP) is 2.23. The highest BCUT2D eigenvalue weighted by atomic mass is 35.5. The van der Waals surface area contributed by atoms with Gasteiger partial charge in [-0.1, -0.05) is 0 Å². The molecule has 0 saturated heterocycles. The summed E-state index contributed by atoms with van der Waals surface area (Å²) in [6, 6.07) is 2.00. The van der Waals surface area contributed by atoms with Gasteiger partial charge in [-0.15, -0.1) is 16.4 Å². The zero-order chi connectivity index (χ0) is 13.6. The van der Waals surface area contributed by atoms with Crippen LogP contribution < -0.4 is 5.69 Å². The van der Waals surface area contributed by atoms with Crippen molar-refractivity contribution in [2.45, 2.75) is 17.1 Å². The van der Waals surface area contributed by atoms with Crippen LogP contribution in [0.3, 0.4) is 0 Å². The molecule has 0 aromatic carbocycles. The van der Waals surface area contributed by atoms with Crippen LogP contribution in [0, 0.1) is 6.92 Å². The third kappa shape index (κ3) is 2.26. The summed E-state index contributed by atoms with van der Waals surface area (Å²) in [4.78, 5) is 21.7. The van der Waals surface area contributed by atoms with Gasteiger partial charge in [0.25, 0.3) is 0 Å². The molecule has 0 aliphatic heterocycles. The van der Waals surface area contributed by atoms with Gasteiger partial charge in [0, 0.05) is 17.3 Å². The van der Waals surface area contributed by atoms with Crippen LogP contribution in [-0.2, 0) is 7.05 Å². The maximum Gasteiger partial charge on any atom is 0.343 e. The van der Waals surface area contributed by atoms with Crippen molar-refractivity contribution >= 4 is 44.9 Å². The second kappa shape index (κ2) is 4.62. The number of rotatable bonds is 2. The molecule has 3 heterocycles. The lowest BCUT2D eigenvalue weighted by Gasteiger charge is -2.01. The minimum Gasteiger partial charge on any atom is -0.273 e. The van der Waals surface area contributed by atoms with Crippen molar-refractivity contribution < 1.29 is 0 Å². The fourth-order valence-corrected chi connectivity index (χ4v) is 3.67. The molecular weight excluding hydrogens is 306 g/mol. The van der Waals surface area contributed by atoms with Gasteiger partial charge >= 0.3 is 5.69 Å². The van der Waals surface area contributed by atoms with Gasteiger partial charge in [-0.05, 0) is 36.4 Å². The quantitative estimate of drug-likeness (QED) is 0.580. The molecular formula is C10H8ClN5OS2. The molecule has 0 spiro atoms. The zero-order valence-electron chi connectivity index (χ0n) is 9.97. The highest BCUT2D eigenvalue weighted by Gasteiger charge is 2.14. The molecule has 0 atom stereocenters. The van der Waals surface area contributed by atoms with Crippen molar-refractivity contribution in [3.63, 3.8) is 0 Å². The molecule has 3 aromatic rings. The Bertz CT molecular complexity index is 821. The third-order valence-corrected chi connectivity index (χ3v) is 4.65. The summed E-state index contributed by atoms with van der Waals surface area (Å²) in [6.07, 6.45) is 0. The lowest BCUT2D eigenvalue weighted by molar-refractivity contribution is 0.765. The Kier molecular flexibility index (Phi) is 3.08. The lowest BCUT2D eigenvalue weighted by atomic mass is 10.4. The number of halogens is 1. The molecule has 0 saturated carbocycles. The minimum absolute atomic E-state index is 0.192. The van der Waals surface area contributed by atoms with Crippen LogP contribution in [-0.4, -0.2) is 24.7 Å². The molecule has 0 aliphatic carbocycles. The van der Waals surface area contributed by atoms with E-state index in [-0.39, 0.29) is 11.0 Å². The molecule has 9 heteroatoms. The van der Waals surface area contributed by atoms with Crippen molar-refractivity contribution in [2.24, 2.45) is 7.05 Å². The van der Waals surface area contributed by atoms with E-state index < -0.39 is 0 Å². The summed E-state index contributed by atoms with van der Waals surface area (Å²) < 4.78 is 1.42. The normalized spacial score (nSPS) is 11.3. The maximum absolute atomic E-state index is 11.3. The molecule has 98 valence electrons. The largest absolute Gasteiger partial charge is 0.343 e. The van der Waals surface area contributed by atoms with E-state index in [2.05, 4.69) is 20.2 Å². The van der Waals surface area contributed by atoms with Crippen LogP contribution in [0.4, 0.5) is 0 Å². The van der Waals surface area contributed by atoms with Crippen molar-refractivity contribution in [3.8, 4) is 0 Å². The van der Waals surface area contributed by atoms with Crippen LogP contribution >= 0.6 is 34.7 Å². The summed E-state index contributed by atoms with van der Waals surface area (Å²) in [6.45, 7) is 2.00. The molecule has 1 N–H and O–H groups in total. The summed E-state index contributed by atoms with van der Waals surface area (Å²) in [7, 11) is 1.65. The van der Waals surface area contributed by atoms with E-state index in [0.717, 1.165) is 15.1 Å². The number of fused-ring (bicyclic) bond motifs is 1. The monoisotopic (exact) mass is 313 g/mol. The number of hydrogen-bond acceptors (Lipinski definition) is 6. The maximum atomic E-state index is 11.3. The molecule has 3 aromatic heterocycles. The summed E-state index contributed by atoms with van der Waals surface area (Å²) >= 11 is 8.76. The SMILES string of the molecule is Cc1cc2c(Sc3n[nH]c(=O)n3C)nc(Cl)nc2s1. The Morgan fingerprint density at radius 1 is 1.47 bits per heavy atom. The van der Waals surface area contributed by atoms with E-state index in [1.807, 2.05) is 13.0 Å². The molecule has 6 nitrogen and oxygen atoms in total. The van der Waals surface area contributed by atoms with E-state index in [0.29, 0.717) is 10.2 Å². The van der Waals surface area contributed by atoms with E-state index in [1.54, 1.807) is 18.4 Å². The first-order valence-electron chi connectivity index (χ1n) is 5.27. The van der Waals surface area contributed by atoms with Gasteiger partial charge in [0.15, 0.2) is 5.16 Å². The number of hydrogen-bond donors (Lipinski definition) is 1. The van der Waals surface area contributed by atoms with E-state index >= 15 is 0 Å². The number of aromatic nitrogens is 5. The topological polar surface area (TPSA) is 76.5 Å². The molecule has 19 heavy (non-hydrogen) atoms. The molecule has 0 radical (unpaired) electrons. The van der Waals surface area contributed by atoms with Crippen molar-refractivity contribution in [1.82, 2.24) is 24.7 Å². The molecule has 3 rings (SSSR count). The van der Waals surface area contributed by atoms with Gasteiger partial charge in [-0.2, -0.15) is 0 Å². The lowest BCUT2D eigenvalue weighted by Crippen LogP contribution is -2.12. The first kappa shape index (κ1) is 12.6. The Morgan fingerprint density at radius 3 is 2.95 bits per heavy atom. The Morgan fingerprint density at radius 2 is 2.26 bits per heavy atom. The number of aryl methyl sites for hydroxylation is 1. The average Bonchev–Trinajstić information content (AvgIpc) is 2.86. The molecule has 0 aliphatic rings. The van der Waals surface area contributed by atoms with Gasteiger partial charge in [-0.3, -0.25) is 4.57 Å². The van der Waals surface area contributed by atoms with Gasteiger partial charge < -0.3 is 0 Å². The predicted molar refractivity (Wildman–Crippen MR) is 75.1 cm³/mol. The van der Waals surface area contributed by atoms with E-state index in [1.165, 1.54) is 16.3 Å². The Labute approximate surface area is 120 Å². The first-order chi connectivity index (χ1) is 9.04. The standard InChI is InChI=1S/C10H8ClN5OS2/c1-4-3-5-6(18-4)12-8(11)13-7(5)19-10-15-14-9(17)16(10)2/h3H,1-2H3,(H,14,17). The fraction of sp³-hybridized carbons (Fsp3) is 0.200. The second-order valence-corrected chi connectivity index (χ2v) is 6.37.